The minimum absolute atomic E-state index is 0.0943. The number of nitrogens with one attached hydrogen (secondary N) is 1. The number of anilines is 3. The van der Waals surface area contributed by atoms with Crippen molar-refractivity contribution in [3.05, 3.63) is 48.2 Å². The zero-order valence-corrected chi connectivity index (χ0v) is 15.0. The number of hydrogen-bond acceptors (Lipinski definition) is 5. The van der Waals surface area contributed by atoms with Gasteiger partial charge in [0, 0.05) is 26.3 Å². The Kier molecular flexibility index (Phi) is 5.69. The van der Waals surface area contributed by atoms with E-state index in [9.17, 15) is 4.79 Å². The first-order valence-electron chi connectivity index (χ1n) is 8.88. The van der Waals surface area contributed by atoms with E-state index in [0.717, 1.165) is 24.5 Å². The summed E-state index contributed by atoms with van der Waals surface area (Å²) in [5.41, 5.74) is 2.43. The molecule has 1 aromatic carbocycles. The molecule has 0 bridgehead atoms. The van der Waals surface area contributed by atoms with Gasteiger partial charge in [0.15, 0.2) is 0 Å². The zero-order chi connectivity index (χ0) is 18.4. The van der Waals surface area contributed by atoms with Crippen molar-refractivity contribution in [3.63, 3.8) is 0 Å². The van der Waals surface area contributed by atoms with E-state index in [1.165, 1.54) is 25.5 Å². The molecule has 0 saturated carbocycles. The second-order valence-corrected chi connectivity index (χ2v) is 6.49. The number of likely N-dealkylation sites (N-methyl/N-ethyl adjacent to an activating group) is 1. The molecule has 1 fully saturated rings. The molecule has 26 heavy (non-hydrogen) atoms. The van der Waals surface area contributed by atoms with Gasteiger partial charge in [0.1, 0.15) is 11.9 Å². The number of benzene rings is 1. The van der Waals surface area contributed by atoms with Gasteiger partial charge < -0.3 is 15.1 Å². The van der Waals surface area contributed by atoms with Crippen molar-refractivity contribution in [2.45, 2.75) is 19.3 Å². The third kappa shape index (κ3) is 4.31. The van der Waals surface area contributed by atoms with Crippen LogP contribution in [0.25, 0.3) is 0 Å². The van der Waals surface area contributed by atoms with Crippen LogP contribution in [0.4, 0.5) is 17.2 Å². The van der Waals surface area contributed by atoms with Crippen LogP contribution in [-0.2, 0) is 4.79 Å². The monoisotopic (exact) mass is 349 g/mol. The maximum Gasteiger partial charge on any atom is 0.243 e. The van der Waals surface area contributed by atoms with Crippen molar-refractivity contribution < 1.29 is 4.79 Å². The SMILES string of the molecule is CN(CC(=O)Nc1ccccc1N1CCCCC1)c1ccc(C#N)cn1. The van der Waals surface area contributed by atoms with Gasteiger partial charge in [0.2, 0.25) is 5.91 Å². The third-order valence-electron chi connectivity index (χ3n) is 4.52. The van der Waals surface area contributed by atoms with Crippen molar-refractivity contribution in [1.82, 2.24) is 4.98 Å². The number of nitrogens with zero attached hydrogens (tertiary/aromatic N) is 4. The van der Waals surface area contributed by atoms with Gasteiger partial charge in [0.05, 0.1) is 23.5 Å². The first-order valence-corrected chi connectivity index (χ1v) is 8.88. The van der Waals surface area contributed by atoms with Crippen LogP contribution in [0, 0.1) is 11.3 Å². The fourth-order valence-corrected chi connectivity index (χ4v) is 3.15. The molecule has 6 nitrogen and oxygen atoms in total. The van der Waals surface area contributed by atoms with Crippen LogP contribution in [0.2, 0.25) is 0 Å². The molecule has 6 heteroatoms. The molecule has 1 aliphatic rings. The molecule has 1 amide bonds. The molecular formula is C20H23N5O. The smallest absolute Gasteiger partial charge is 0.243 e. The summed E-state index contributed by atoms with van der Waals surface area (Å²) in [6.07, 6.45) is 5.16. The highest BCUT2D eigenvalue weighted by Crippen LogP contribution is 2.28. The van der Waals surface area contributed by atoms with Crippen molar-refractivity contribution in [3.8, 4) is 6.07 Å². The molecule has 1 N–H and O–H groups in total. The molecular weight excluding hydrogens is 326 g/mol. The lowest BCUT2D eigenvalue weighted by Gasteiger charge is -2.30. The van der Waals surface area contributed by atoms with Crippen LogP contribution >= 0.6 is 0 Å². The molecule has 0 unspecified atom stereocenters. The number of aromatic nitrogens is 1. The van der Waals surface area contributed by atoms with Gasteiger partial charge in [-0.25, -0.2) is 4.98 Å². The van der Waals surface area contributed by atoms with E-state index >= 15 is 0 Å². The largest absolute Gasteiger partial charge is 0.370 e. The Labute approximate surface area is 154 Å². The van der Waals surface area contributed by atoms with Crippen molar-refractivity contribution in [1.29, 1.82) is 5.26 Å². The molecule has 0 spiro atoms. The number of rotatable bonds is 5. The summed E-state index contributed by atoms with van der Waals surface area (Å²) in [7, 11) is 1.81. The van der Waals surface area contributed by atoms with E-state index in [1.54, 1.807) is 17.0 Å². The van der Waals surface area contributed by atoms with Crippen LogP contribution in [0.5, 0.6) is 0 Å². The molecule has 1 aliphatic heterocycles. The summed E-state index contributed by atoms with van der Waals surface area (Å²) < 4.78 is 0. The van der Waals surface area contributed by atoms with E-state index in [0.29, 0.717) is 11.4 Å². The quantitative estimate of drug-likeness (QED) is 0.898. The lowest BCUT2D eigenvalue weighted by Crippen LogP contribution is -2.33. The Balaban J connectivity index is 1.65. The maximum atomic E-state index is 12.5. The summed E-state index contributed by atoms with van der Waals surface area (Å²) in [5, 5.41) is 11.9. The molecule has 2 heterocycles. The van der Waals surface area contributed by atoms with Crippen LogP contribution in [-0.4, -0.2) is 37.6 Å². The second kappa shape index (κ2) is 8.34. The molecule has 0 atom stereocenters. The van der Waals surface area contributed by atoms with Gasteiger partial charge in [-0.1, -0.05) is 12.1 Å². The van der Waals surface area contributed by atoms with E-state index in [2.05, 4.69) is 21.3 Å². The summed E-state index contributed by atoms with van der Waals surface area (Å²) in [5.74, 6) is 0.562. The number of carbonyl (C=O) groups is 1. The second-order valence-electron chi connectivity index (χ2n) is 6.49. The normalized spacial score (nSPS) is 13.8. The summed E-state index contributed by atoms with van der Waals surface area (Å²) >= 11 is 0. The van der Waals surface area contributed by atoms with Crippen LogP contribution < -0.4 is 15.1 Å². The zero-order valence-electron chi connectivity index (χ0n) is 15.0. The van der Waals surface area contributed by atoms with Crippen LogP contribution in [0.1, 0.15) is 24.8 Å². The summed E-state index contributed by atoms with van der Waals surface area (Å²) in [4.78, 5) is 20.8. The molecule has 2 aromatic rings. The highest BCUT2D eigenvalue weighted by Gasteiger charge is 2.16. The fourth-order valence-electron chi connectivity index (χ4n) is 3.15. The van der Waals surface area contributed by atoms with E-state index < -0.39 is 0 Å². The van der Waals surface area contributed by atoms with Gasteiger partial charge in [-0.05, 0) is 43.5 Å². The lowest BCUT2D eigenvalue weighted by atomic mass is 10.1. The number of carbonyl (C=O) groups excluding carboxylic acids is 1. The van der Waals surface area contributed by atoms with Crippen molar-refractivity contribution in [2.24, 2.45) is 0 Å². The van der Waals surface area contributed by atoms with Crippen LogP contribution in [0.15, 0.2) is 42.6 Å². The summed E-state index contributed by atoms with van der Waals surface area (Å²) in [6, 6.07) is 13.4. The van der Waals surface area contributed by atoms with Gasteiger partial charge in [-0.2, -0.15) is 5.26 Å². The third-order valence-corrected chi connectivity index (χ3v) is 4.52. The molecule has 1 saturated heterocycles. The van der Waals surface area contributed by atoms with Crippen LogP contribution in [0.3, 0.4) is 0 Å². The first kappa shape index (κ1) is 17.7. The Morgan fingerprint density at radius 1 is 1.23 bits per heavy atom. The lowest BCUT2D eigenvalue weighted by molar-refractivity contribution is -0.114. The Bertz CT molecular complexity index is 791. The van der Waals surface area contributed by atoms with Gasteiger partial charge >= 0.3 is 0 Å². The average molecular weight is 349 g/mol. The Morgan fingerprint density at radius 3 is 2.69 bits per heavy atom. The molecule has 1 aromatic heterocycles. The van der Waals surface area contributed by atoms with Crippen molar-refractivity contribution >= 4 is 23.1 Å². The number of para-hydroxylation sites is 2. The number of nitriles is 1. The number of pyridine rings is 1. The minimum Gasteiger partial charge on any atom is -0.370 e. The van der Waals surface area contributed by atoms with E-state index in [4.69, 9.17) is 5.26 Å². The highest BCUT2D eigenvalue weighted by molar-refractivity contribution is 5.96. The van der Waals surface area contributed by atoms with Gasteiger partial charge in [-0.15, -0.1) is 0 Å². The number of hydrogen-bond donors (Lipinski definition) is 1. The maximum absolute atomic E-state index is 12.5. The standard InChI is InChI=1S/C20H23N5O/c1-24(19-10-9-16(13-21)14-22-19)15-20(26)23-17-7-3-4-8-18(17)25-11-5-2-6-12-25/h3-4,7-10,14H,2,5-6,11-12,15H2,1H3,(H,23,26). The molecule has 134 valence electrons. The van der Waals surface area contributed by atoms with Gasteiger partial charge in [0.25, 0.3) is 0 Å². The topological polar surface area (TPSA) is 72.3 Å². The fraction of sp³-hybridized carbons (Fsp3) is 0.350. The minimum atomic E-state index is -0.0943. The first-order chi connectivity index (χ1) is 12.7. The van der Waals surface area contributed by atoms with E-state index in [-0.39, 0.29) is 12.5 Å². The molecule has 0 radical (unpaired) electrons. The predicted octanol–water partition coefficient (Wildman–Crippen LogP) is 3.02. The average Bonchev–Trinajstić information content (AvgIpc) is 2.69. The summed E-state index contributed by atoms with van der Waals surface area (Å²) in [6.45, 7) is 2.25. The highest BCUT2D eigenvalue weighted by atomic mass is 16.2. The van der Waals surface area contributed by atoms with E-state index in [1.807, 2.05) is 31.3 Å². The number of amides is 1. The predicted molar refractivity (Wildman–Crippen MR) is 103 cm³/mol. The Morgan fingerprint density at radius 2 is 2.00 bits per heavy atom. The molecule has 0 aliphatic carbocycles. The van der Waals surface area contributed by atoms with Crippen molar-refractivity contribution in [2.75, 3.05) is 41.8 Å². The van der Waals surface area contributed by atoms with Gasteiger partial charge in [-0.3, -0.25) is 4.79 Å². The Hall–Kier alpha value is -3.07. The number of piperidine rings is 1. The molecule has 3 rings (SSSR count).